The first-order valence-corrected chi connectivity index (χ1v) is 11.2. The number of nitrogens with one attached hydrogen (secondary N) is 1. The Kier molecular flexibility index (Phi) is 9.15. The quantitative estimate of drug-likeness (QED) is 0.422. The zero-order valence-electron chi connectivity index (χ0n) is 21.1. The largest absolute Gasteiger partial charge is 0.490 e. The summed E-state index contributed by atoms with van der Waals surface area (Å²) in [6.07, 6.45) is -5.08. The number of aromatic nitrogens is 4. The summed E-state index contributed by atoms with van der Waals surface area (Å²) in [5, 5.41) is 10.4. The predicted octanol–water partition coefficient (Wildman–Crippen LogP) is 0.305. The molecule has 3 rings (SSSR count). The van der Waals surface area contributed by atoms with Gasteiger partial charge < -0.3 is 20.1 Å². The lowest BCUT2D eigenvalue weighted by molar-refractivity contribution is -0.192. The third-order valence-corrected chi connectivity index (χ3v) is 4.97. The van der Waals surface area contributed by atoms with Gasteiger partial charge in [0, 0.05) is 33.2 Å². The van der Waals surface area contributed by atoms with Crippen LogP contribution in [0.5, 0.6) is 0 Å². The number of esters is 1. The van der Waals surface area contributed by atoms with Crippen LogP contribution in [0.15, 0.2) is 9.59 Å². The van der Waals surface area contributed by atoms with Crippen LogP contribution < -0.4 is 21.5 Å². The molecule has 12 nitrogen and oxygen atoms in total. The maximum atomic E-state index is 13.0. The first-order chi connectivity index (χ1) is 17.1. The van der Waals surface area contributed by atoms with E-state index in [-0.39, 0.29) is 24.3 Å². The van der Waals surface area contributed by atoms with Crippen molar-refractivity contribution >= 4 is 29.1 Å². The van der Waals surface area contributed by atoms with Crippen LogP contribution in [0.25, 0.3) is 11.2 Å². The van der Waals surface area contributed by atoms with Crippen molar-refractivity contribution < 1.29 is 32.6 Å². The molecule has 2 aromatic heterocycles. The second-order valence-corrected chi connectivity index (χ2v) is 8.96. The van der Waals surface area contributed by atoms with E-state index in [1.807, 2.05) is 0 Å². The third-order valence-electron chi connectivity index (χ3n) is 4.97. The van der Waals surface area contributed by atoms with Crippen molar-refractivity contribution in [2.45, 2.75) is 52.6 Å². The normalized spacial score (nSPS) is 13.9. The summed E-state index contributed by atoms with van der Waals surface area (Å²) in [6.45, 7) is 9.89. The number of hydrogen-bond donors (Lipinski definition) is 2. The number of carboxylic acid groups (broad SMARTS) is 1. The van der Waals surface area contributed by atoms with Gasteiger partial charge in [-0.2, -0.15) is 18.2 Å². The van der Waals surface area contributed by atoms with Crippen LogP contribution in [0.2, 0.25) is 0 Å². The molecule has 1 fully saturated rings. The minimum Gasteiger partial charge on any atom is -0.475 e. The molecule has 0 atom stereocenters. The lowest BCUT2D eigenvalue weighted by Crippen LogP contribution is -2.44. The summed E-state index contributed by atoms with van der Waals surface area (Å²) >= 11 is 0. The average molecular weight is 531 g/mol. The van der Waals surface area contributed by atoms with Gasteiger partial charge in [-0.05, 0) is 27.7 Å². The summed E-state index contributed by atoms with van der Waals surface area (Å²) in [7, 11) is 1.39. The molecule has 204 valence electrons. The lowest BCUT2D eigenvalue weighted by atomic mass is 10.2. The minimum absolute atomic E-state index is 0.167. The number of rotatable bonds is 4. The lowest BCUT2D eigenvalue weighted by Gasteiger charge is -2.28. The average Bonchev–Trinajstić information content (AvgIpc) is 3.17. The van der Waals surface area contributed by atoms with E-state index in [1.54, 1.807) is 32.3 Å². The molecular weight excluding hydrogens is 501 g/mol. The van der Waals surface area contributed by atoms with Gasteiger partial charge in [0.1, 0.15) is 12.1 Å². The number of carbonyl (C=O) groups excluding carboxylic acids is 1. The molecule has 0 radical (unpaired) electrons. The van der Waals surface area contributed by atoms with E-state index in [9.17, 15) is 27.6 Å². The molecule has 0 spiro atoms. The highest BCUT2D eigenvalue weighted by molar-refractivity contribution is 5.77. The Labute approximate surface area is 209 Å². The Balaban J connectivity index is 0.000000604. The predicted molar refractivity (Wildman–Crippen MR) is 127 cm³/mol. The number of carboxylic acids is 1. The molecular formula is C22H29F3N6O6. The highest BCUT2D eigenvalue weighted by Gasteiger charge is 2.38. The van der Waals surface area contributed by atoms with Crippen molar-refractivity contribution in [3.63, 3.8) is 0 Å². The van der Waals surface area contributed by atoms with Crippen LogP contribution in [-0.4, -0.2) is 73.7 Å². The Bertz CT molecular complexity index is 1330. The molecule has 37 heavy (non-hydrogen) atoms. The third kappa shape index (κ3) is 7.35. The number of alkyl halides is 3. The summed E-state index contributed by atoms with van der Waals surface area (Å²) < 4.78 is 41.0. The first-order valence-electron chi connectivity index (χ1n) is 11.2. The molecule has 1 aliphatic rings. The number of piperazine rings is 1. The van der Waals surface area contributed by atoms with E-state index in [0.717, 1.165) is 17.7 Å². The highest BCUT2D eigenvalue weighted by Crippen LogP contribution is 2.20. The van der Waals surface area contributed by atoms with Gasteiger partial charge in [-0.15, -0.1) is 5.92 Å². The fourth-order valence-electron chi connectivity index (χ4n) is 3.40. The van der Waals surface area contributed by atoms with Crippen molar-refractivity contribution in [1.29, 1.82) is 0 Å². The second kappa shape index (κ2) is 11.5. The molecule has 2 aromatic rings. The molecule has 15 heteroatoms. The SMILES string of the molecule is CC#CCn1c(N2CCNCC2)nc2c1c(=O)n(C)c(=O)n2CC(=O)OC(C)(C)C.O=C(O)C(F)(F)F. The fraction of sp³-hybridized carbons (Fsp3) is 0.591. The molecule has 0 aromatic carbocycles. The Morgan fingerprint density at radius 3 is 2.19 bits per heavy atom. The maximum Gasteiger partial charge on any atom is 0.490 e. The zero-order chi connectivity index (χ0) is 28.1. The summed E-state index contributed by atoms with van der Waals surface area (Å²) in [5.41, 5.74) is -1.36. The van der Waals surface area contributed by atoms with Gasteiger partial charge in [-0.3, -0.25) is 23.3 Å². The van der Waals surface area contributed by atoms with Gasteiger partial charge in [-0.1, -0.05) is 5.92 Å². The van der Waals surface area contributed by atoms with Gasteiger partial charge in [0.2, 0.25) is 5.95 Å². The highest BCUT2D eigenvalue weighted by atomic mass is 19.4. The second-order valence-electron chi connectivity index (χ2n) is 8.96. The van der Waals surface area contributed by atoms with Crippen molar-refractivity contribution in [1.82, 2.24) is 24.0 Å². The monoisotopic (exact) mass is 530 g/mol. The molecule has 0 amide bonds. The summed E-state index contributed by atoms with van der Waals surface area (Å²) in [5.74, 6) is 3.05. The van der Waals surface area contributed by atoms with Crippen molar-refractivity contribution in [2.24, 2.45) is 7.05 Å². The van der Waals surface area contributed by atoms with Gasteiger partial charge in [0.25, 0.3) is 5.56 Å². The molecule has 0 saturated carbocycles. The molecule has 2 N–H and O–H groups in total. The van der Waals surface area contributed by atoms with Gasteiger partial charge in [-0.25, -0.2) is 9.59 Å². The van der Waals surface area contributed by atoms with Crippen LogP contribution in [0.1, 0.15) is 27.7 Å². The number of carbonyl (C=O) groups is 2. The fourth-order valence-corrected chi connectivity index (χ4v) is 3.40. The molecule has 0 aliphatic carbocycles. The van der Waals surface area contributed by atoms with E-state index in [0.29, 0.717) is 19.0 Å². The summed E-state index contributed by atoms with van der Waals surface area (Å²) in [4.78, 5) is 53.8. The smallest absolute Gasteiger partial charge is 0.475 e. The van der Waals surface area contributed by atoms with Crippen molar-refractivity contribution in [2.75, 3.05) is 31.1 Å². The standard InChI is InChI=1S/C20H28N6O4.C2HF3O2/c1-6-7-10-25-15-16(22-18(25)24-11-8-21-9-12-24)26(19(29)23(5)17(15)28)13-14(27)30-20(2,3)4;3-2(4,5)1(6)7/h21H,8-13H2,1-5H3;(H,6,7). The number of ether oxygens (including phenoxy) is 1. The maximum absolute atomic E-state index is 13.0. The number of anilines is 1. The molecule has 0 bridgehead atoms. The van der Waals surface area contributed by atoms with E-state index in [4.69, 9.17) is 14.6 Å². The molecule has 1 aliphatic heterocycles. The van der Waals surface area contributed by atoms with E-state index in [2.05, 4.69) is 27.0 Å². The van der Waals surface area contributed by atoms with Crippen LogP contribution in [0, 0.1) is 11.8 Å². The Morgan fingerprint density at radius 2 is 1.70 bits per heavy atom. The molecule has 1 saturated heterocycles. The van der Waals surface area contributed by atoms with E-state index in [1.165, 1.54) is 11.6 Å². The molecule has 3 heterocycles. The van der Waals surface area contributed by atoms with Gasteiger partial charge in [0.05, 0.1) is 6.54 Å². The van der Waals surface area contributed by atoms with Crippen LogP contribution in [0.4, 0.5) is 19.1 Å². The van der Waals surface area contributed by atoms with Crippen LogP contribution >= 0.6 is 0 Å². The number of aliphatic carboxylic acids is 1. The first kappa shape index (κ1) is 29.4. The van der Waals surface area contributed by atoms with Gasteiger partial charge >= 0.3 is 23.8 Å². The van der Waals surface area contributed by atoms with E-state index >= 15 is 0 Å². The number of halogens is 3. The van der Waals surface area contributed by atoms with Crippen molar-refractivity contribution in [3.8, 4) is 11.8 Å². The molecule has 0 unspecified atom stereocenters. The van der Waals surface area contributed by atoms with Gasteiger partial charge in [0.15, 0.2) is 11.2 Å². The van der Waals surface area contributed by atoms with E-state index < -0.39 is 35.0 Å². The number of nitrogens with zero attached hydrogens (tertiary/aromatic N) is 5. The van der Waals surface area contributed by atoms with Crippen LogP contribution in [0.3, 0.4) is 0 Å². The van der Waals surface area contributed by atoms with Crippen LogP contribution in [-0.2, 0) is 34.5 Å². The topological polar surface area (TPSA) is 141 Å². The summed E-state index contributed by atoms with van der Waals surface area (Å²) in [6, 6.07) is 0. The number of imidazole rings is 1. The zero-order valence-corrected chi connectivity index (χ0v) is 21.1. The van der Waals surface area contributed by atoms with Crippen molar-refractivity contribution in [3.05, 3.63) is 20.8 Å². The Morgan fingerprint density at radius 1 is 1.14 bits per heavy atom. The Hall–Kier alpha value is -3.80. The number of hydrogen-bond acceptors (Lipinski definition) is 8. The number of fused-ring (bicyclic) bond motifs is 1. The minimum atomic E-state index is -5.08.